The maximum Gasteiger partial charge on any atom is 0.273 e. The van der Waals surface area contributed by atoms with Crippen LogP contribution in [0.3, 0.4) is 0 Å². The van der Waals surface area contributed by atoms with Crippen LogP contribution in [0.2, 0.25) is 0 Å². The fraction of sp³-hybridized carbons (Fsp3) is 0.812. The summed E-state index contributed by atoms with van der Waals surface area (Å²) in [6.45, 7) is 9.43. The van der Waals surface area contributed by atoms with Crippen LogP contribution in [0.25, 0.3) is 0 Å². The predicted molar refractivity (Wildman–Crippen MR) is 94.0 cm³/mol. The number of nitrogens with zero attached hydrogens (tertiary/aromatic N) is 3. The molecule has 1 aromatic heterocycles. The Balaban J connectivity index is 0.00000264. The molecule has 1 amide bonds. The molecule has 0 unspecified atom stereocenters. The van der Waals surface area contributed by atoms with Crippen molar-refractivity contribution >= 4 is 18.3 Å². The third kappa shape index (κ3) is 6.87. The van der Waals surface area contributed by atoms with E-state index < -0.39 is 0 Å². The molecular formula is C16H30ClN5O. The van der Waals surface area contributed by atoms with Crippen LogP contribution < -0.4 is 10.6 Å². The molecule has 1 aromatic rings. The molecule has 1 fully saturated rings. The second-order valence-electron chi connectivity index (χ2n) is 7.34. The zero-order valence-corrected chi connectivity index (χ0v) is 15.3. The summed E-state index contributed by atoms with van der Waals surface area (Å²) in [5.41, 5.74) is 0.788. The molecule has 1 saturated heterocycles. The van der Waals surface area contributed by atoms with Gasteiger partial charge in [-0.15, -0.1) is 17.5 Å². The fourth-order valence-electron chi connectivity index (χ4n) is 2.70. The molecule has 0 radical (unpaired) electrons. The van der Waals surface area contributed by atoms with Gasteiger partial charge in [-0.2, -0.15) is 0 Å². The average Bonchev–Trinajstić information content (AvgIpc) is 2.96. The van der Waals surface area contributed by atoms with E-state index in [-0.39, 0.29) is 18.3 Å². The first-order valence-electron chi connectivity index (χ1n) is 8.36. The van der Waals surface area contributed by atoms with Crippen molar-refractivity contribution in [3.05, 3.63) is 11.9 Å². The Bertz CT molecular complexity index is 477. The smallest absolute Gasteiger partial charge is 0.273 e. The van der Waals surface area contributed by atoms with Gasteiger partial charge in [0.25, 0.3) is 5.91 Å². The second-order valence-corrected chi connectivity index (χ2v) is 7.34. The normalized spacial score (nSPS) is 16.0. The van der Waals surface area contributed by atoms with E-state index in [0.29, 0.717) is 23.7 Å². The lowest BCUT2D eigenvalue weighted by molar-refractivity contribution is 0.0947. The predicted octanol–water partition coefficient (Wildman–Crippen LogP) is 2.57. The minimum Gasteiger partial charge on any atom is -0.351 e. The minimum atomic E-state index is -0.115. The van der Waals surface area contributed by atoms with Crippen LogP contribution in [-0.2, 0) is 0 Å². The number of halogens is 1. The second kappa shape index (κ2) is 9.23. The maximum atomic E-state index is 12.1. The van der Waals surface area contributed by atoms with Crippen LogP contribution >= 0.6 is 12.4 Å². The van der Waals surface area contributed by atoms with E-state index in [1.54, 1.807) is 6.20 Å². The first-order valence-corrected chi connectivity index (χ1v) is 8.36. The standard InChI is InChI=1S/C16H29N5O.ClH/c1-16(2,3)8-4-5-9-18-15(22)14-12-21(20-19-14)13-6-10-17-11-7-13;/h12-13,17H,4-11H2,1-3H3,(H,18,22);1H. The van der Waals surface area contributed by atoms with Crippen molar-refractivity contribution in [2.75, 3.05) is 19.6 Å². The molecule has 2 N–H and O–H groups in total. The van der Waals surface area contributed by atoms with Crippen LogP contribution in [-0.4, -0.2) is 40.5 Å². The molecular weight excluding hydrogens is 314 g/mol. The van der Waals surface area contributed by atoms with Gasteiger partial charge in [-0.05, 0) is 44.2 Å². The van der Waals surface area contributed by atoms with Gasteiger partial charge in [-0.25, -0.2) is 4.68 Å². The van der Waals surface area contributed by atoms with Gasteiger partial charge in [0.15, 0.2) is 5.69 Å². The van der Waals surface area contributed by atoms with Crippen molar-refractivity contribution < 1.29 is 4.79 Å². The summed E-state index contributed by atoms with van der Waals surface area (Å²) in [4.78, 5) is 12.1. The Kier molecular flexibility index (Phi) is 7.99. The van der Waals surface area contributed by atoms with Crippen molar-refractivity contribution in [3.8, 4) is 0 Å². The molecule has 2 heterocycles. The lowest BCUT2D eigenvalue weighted by atomic mass is 9.90. The number of amides is 1. The van der Waals surface area contributed by atoms with Crippen LogP contribution in [0.15, 0.2) is 6.20 Å². The topological polar surface area (TPSA) is 71.8 Å². The average molecular weight is 344 g/mol. The van der Waals surface area contributed by atoms with E-state index in [1.165, 1.54) is 6.42 Å². The SMILES string of the molecule is CC(C)(C)CCCCNC(=O)c1cn(C2CCNCC2)nn1.Cl. The quantitative estimate of drug-likeness (QED) is 0.779. The summed E-state index contributed by atoms with van der Waals surface area (Å²) in [6, 6.07) is 0.363. The van der Waals surface area contributed by atoms with E-state index in [0.717, 1.165) is 38.8 Å². The number of carbonyl (C=O) groups is 1. The summed E-state index contributed by atoms with van der Waals surface area (Å²) < 4.78 is 1.84. The number of hydrogen-bond acceptors (Lipinski definition) is 4. The van der Waals surface area contributed by atoms with Crippen LogP contribution in [0.1, 0.15) is 69.4 Å². The summed E-state index contributed by atoms with van der Waals surface area (Å²) in [5.74, 6) is -0.115. The Morgan fingerprint density at radius 2 is 2.04 bits per heavy atom. The first-order chi connectivity index (χ1) is 10.5. The van der Waals surface area contributed by atoms with Gasteiger partial charge in [0.05, 0.1) is 12.2 Å². The van der Waals surface area contributed by atoms with Crippen molar-refractivity contribution in [1.82, 2.24) is 25.6 Å². The highest BCUT2D eigenvalue weighted by atomic mass is 35.5. The molecule has 2 rings (SSSR count). The monoisotopic (exact) mass is 343 g/mol. The molecule has 23 heavy (non-hydrogen) atoms. The Morgan fingerprint density at radius 1 is 1.35 bits per heavy atom. The summed E-state index contributed by atoms with van der Waals surface area (Å²) >= 11 is 0. The molecule has 7 heteroatoms. The van der Waals surface area contributed by atoms with E-state index in [2.05, 4.69) is 41.7 Å². The van der Waals surface area contributed by atoms with Gasteiger partial charge in [0.1, 0.15) is 0 Å². The number of nitrogens with one attached hydrogen (secondary N) is 2. The number of piperidine rings is 1. The molecule has 0 atom stereocenters. The minimum absolute atomic E-state index is 0. The Morgan fingerprint density at radius 3 is 2.70 bits per heavy atom. The van der Waals surface area contributed by atoms with Crippen molar-refractivity contribution in [2.45, 2.75) is 58.9 Å². The van der Waals surface area contributed by atoms with E-state index in [1.807, 2.05) is 4.68 Å². The van der Waals surface area contributed by atoms with Gasteiger partial charge >= 0.3 is 0 Å². The maximum absolute atomic E-state index is 12.1. The third-order valence-electron chi connectivity index (χ3n) is 4.06. The largest absolute Gasteiger partial charge is 0.351 e. The molecule has 1 aliphatic heterocycles. The zero-order valence-electron chi connectivity index (χ0n) is 14.5. The van der Waals surface area contributed by atoms with Crippen LogP contribution in [0.4, 0.5) is 0 Å². The Labute approximate surface area is 145 Å². The first kappa shape index (κ1) is 19.9. The highest BCUT2D eigenvalue weighted by Crippen LogP contribution is 2.21. The highest BCUT2D eigenvalue weighted by molar-refractivity contribution is 5.91. The molecule has 6 nitrogen and oxygen atoms in total. The number of aromatic nitrogens is 3. The van der Waals surface area contributed by atoms with E-state index >= 15 is 0 Å². The summed E-state index contributed by atoms with van der Waals surface area (Å²) in [7, 11) is 0. The van der Waals surface area contributed by atoms with Crippen molar-refractivity contribution in [3.63, 3.8) is 0 Å². The van der Waals surface area contributed by atoms with Crippen LogP contribution in [0, 0.1) is 5.41 Å². The molecule has 132 valence electrons. The lowest BCUT2D eigenvalue weighted by Gasteiger charge is -2.22. The third-order valence-corrected chi connectivity index (χ3v) is 4.06. The number of rotatable bonds is 6. The molecule has 0 spiro atoms. The summed E-state index contributed by atoms with van der Waals surface area (Å²) in [5, 5.41) is 14.4. The Hall–Kier alpha value is -1.14. The van der Waals surface area contributed by atoms with Gasteiger partial charge in [0.2, 0.25) is 0 Å². The molecule has 0 aromatic carbocycles. The van der Waals surface area contributed by atoms with E-state index in [9.17, 15) is 4.79 Å². The van der Waals surface area contributed by atoms with Gasteiger partial charge in [0, 0.05) is 6.54 Å². The molecule has 0 aliphatic carbocycles. The number of hydrogen-bond donors (Lipinski definition) is 2. The highest BCUT2D eigenvalue weighted by Gasteiger charge is 2.18. The van der Waals surface area contributed by atoms with Gasteiger partial charge in [-0.1, -0.05) is 32.4 Å². The van der Waals surface area contributed by atoms with Gasteiger partial charge < -0.3 is 10.6 Å². The van der Waals surface area contributed by atoms with Gasteiger partial charge in [-0.3, -0.25) is 4.79 Å². The number of unbranched alkanes of at least 4 members (excludes halogenated alkanes) is 1. The molecule has 0 saturated carbocycles. The van der Waals surface area contributed by atoms with Crippen molar-refractivity contribution in [2.24, 2.45) is 5.41 Å². The molecule has 1 aliphatic rings. The number of carbonyl (C=O) groups excluding carboxylic acids is 1. The lowest BCUT2D eigenvalue weighted by Crippen LogP contribution is -2.29. The van der Waals surface area contributed by atoms with Crippen molar-refractivity contribution in [1.29, 1.82) is 0 Å². The fourth-order valence-corrected chi connectivity index (χ4v) is 2.70. The zero-order chi connectivity index (χ0) is 16.0. The summed E-state index contributed by atoms with van der Waals surface area (Å²) in [6.07, 6.45) is 7.17. The van der Waals surface area contributed by atoms with Crippen LogP contribution in [0.5, 0.6) is 0 Å². The molecule has 0 bridgehead atoms. The van der Waals surface area contributed by atoms with E-state index in [4.69, 9.17) is 0 Å².